The molecule has 0 spiro atoms. The van der Waals surface area contributed by atoms with Gasteiger partial charge in [0.05, 0.1) is 25.3 Å². The summed E-state index contributed by atoms with van der Waals surface area (Å²) in [6.07, 6.45) is 0.543. The minimum Gasteiger partial charge on any atom is -0.496 e. The number of carbonyl (C=O) groups is 3. The van der Waals surface area contributed by atoms with Gasteiger partial charge >= 0.3 is 12.0 Å². The predicted molar refractivity (Wildman–Crippen MR) is 128 cm³/mol. The summed E-state index contributed by atoms with van der Waals surface area (Å²) in [5, 5.41) is 2.93. The van der Waals surface area contributed by atoms with Crippen molar-refractivity contribution in [2.24, 2.45) is 5.92 Å². The number of ether oxygens (including phenoxy) is 2. The van der Waals surface area contributed by atoms with Crippen molar-refractivity contribution in [2.45, 2.75) is 33.2 Å². The van der Waals surface area contributed by atoms with Crippen LogP contribution in [0.25, 0.3) is 0 Å². The van der Waals surface area contributed by atoms with Crippen LogP contribution < -0.4 is 10.1 Å². The minimum atomic E-state index is -0.692. The van der Waals surface area contributed by atoms with Crippen LogP contribution in [0.5, 0.6) is 5.75 Å². The zero-order valence-electron chi connectivity index (χ0n) is 20.8. The lowest BCUT2D eigenvalue weighted by Gasteiger charge is -2.39. The number of urea groups is 1. The maximum atomic E-state index is 13.2. The third-order valence-electron chi connectivity index (χ3n) is 6.20. The number of rotatable bonds is 8. The molecule has 0 saturated carbocycles. The van der Waals surface area contributed by atoms with Crippen molar-refractivity contribution < 1.29 is 23.9 Å². The number of hydrogen-bond acceptors (Lipinski definition) is 6. The lowest BCUT2D eigenvalue weighted by Crippen LogP contribution is -2.53. The number of amides is 3. The summed E-state index contributed by atoms with van der Waals surface area (Å²) in [7, 11) is 3.22. The average Bonchev–Trinajstić information content (AvgIpc) is 2.81. The Morgan fingerprint density at radius 3 is 2.44 bits per heavy atom. The van der Waals surface area contributed by atoms with Gasteiger partial charge in [0.2, 0.25) is 5.91 Å². The van der Waals surface area contributed by atoms with Crippen molar-refractivity contribution in [3.05, 3.63) is 41.1 Å². The molecule has 9 nitrogen and oxygen atoms in total. The van der Waals surface area contributed by atoms with Gasteiger partial charge in [0.25, 0.3) is 0 Å². The molecule has 1 aromatic rings. The van der Waals surface area contributed by atoms with E-state index >= 15 is 0 Å². The number of esters is 1. The lowest BCUT2D eigenvalue weighted by molar-refractivity contribution is -0.139. The minimum absolute atomic E-state index is 0.173. The molecule has 3 rings (SSSR count). The van der Waals surface area contributed by atoms with Gasteiger partial charge in [0, 0.05) is 57.5 Å². The molecule has 2 aliphatic heterocycles. The van der Waals surface area contributed by atoms with Crippen LogP contribution in [-0.4, -0.2) is 86.1 Å². The first-order chi connectivity index (χ1) is 16.3. The van der Waals surface area contributed by atoms with Crippen LogP contribution in [0.15, 0.2) is 35.5 Å². The summed E-state index contributed by atoms with van der Waals surface area (Å²) < 4.78 is 10.9. The molecule has 34 heavy (non-hydrogen) atoms. The largest absolute Gasteiger partial charge is 0.496 e. The van der Waals surface area contributed by atoms with E-state index in [0.717, 1.165) is 0 Å². The molecular weight excluding hydrogens is 436 g/mol. The standard InChI is InChI=1S/C25H36N4O5/c1-6-34-24(31)22-19(16-28-11-13-29(14-12-28)21(30)15-17(2)3)27(4)25(32)26-23(22)18-9-7-8-10-20(18)33-5/h7-10,17,23H,6,11-16H2,1-5H3,(H,26,32). The van der Waals surface area contributed by atoms with Gasteiger partial charge in [0.1, 0.15) is 5.75 Å². The normalized spacial score (nSPS) is 19.4. The first kappa shape index (κ1) is 25.6. The van der Waals surface area contributed by atoms with Crippen LogP contribution in [0, 0.1) is 5.92 Å². The summed E-state index contributed by atoms with van der Waals surface area (Å²) in [4.78, 5) is 44.1. The van der Waals surface area contributed by atoms with E-state index in [2.05, 4.69) is 10.2 Å². The number of methoxy groups -OCH3 is 1. The fraction of sp³-hybridized carbons (Fsp3) is 0.560. The highest BCUT2D eigenvalue weighted by molar-refractivity contribution is 5.95. The monoisotopic (exact) mass is 472 g/mol. The van der Waals surface area contributed by atoms with Crippen LogP contribution in [0.1, 0.15) is 38.8 Å². The average molecular weight is 473 g/mol. The number of para-hydroxylation sites is 1. The number of piperazine rings is 1. The highest BCUT2D eigenvalue weighted by Gasteiger charge is 2.38. The Kier molecular flexibility index (Phi) is 8.55. The van der Waals surface area contributed by atoms with Gasteiger partial charge < -0.3 is 19.7 Å². The molecule has 1 aromatic carbocycles. The Labute approximate surface area is 201 Å². The number of nitrogens with zero attached hydrogens (tertiary/aromatic N) is 3. The number of benzene rings is 1. The zero-order valence-corrected chi connectivity index (χ0v) is 20.8. The molecule has 3 amide bonds. The molecule has 2 heterocycles. The molecule has 1 saturated heterocycles. The van der Waals surface area contributed by atoms with Gasteiger partial charge in [-0.1, -0.05) is 32.0 Å². The molecule has 1 N–H and O–H groups in total. The van der Waals surface area contributed by atoms with Gasteiger partial charge in [-0.05, 0) is 18.9 Å². The second kappa shape index (κ2) is 11.4. The maximum absolute atomic E-state index is 13.2. The van der Waals surface area contributed by atoms with E-state index in [0.29, 0.717) is 67.6 Å². The summed E-state index contributed by atoms with van der Waals surface area (Å²) in [5.74, 6) is 0.609. The van der Waals surface area contributed by atoms with Gasteiger partial charge in [-0.3, -0.25) is 14.6 Å². The van der Waals surface area contributed by atoms with Crippen molar-refractivity contribution in [1.82, 2.24) is 20.0 Å². The molecule has 0 aliphatic carbocycles. The van der Waals surface area contributed by atoms with Gasteiger partial charge in [-0.25, -0.2) is 9.59 Å². The molecule has 9 heteroatoms. The molecule has 1 atom stereocenters. The molecule has 186 valence electrons. The van der Waals surface area contributed by atoms with Crippen LogP contribution >= 0.6 is 0 Å². The van der Waals surface area contributed by atoms with Crippen LogP contribution in [0.4, 0.5) is 4.79 Å². The number of hydrogen-bond donors (Lipinski definition) is 1. The smallest absolute Gasteiger partial charge is 0.338 e. The van der Waals surface area contributed by atoms with Crippen LogP contribution in [-0.2, 0) is 14.3 Å². The van der Waals surface area contributed by atoms with Gasteiger partial charge in [-0.2, -0.15) is 0 Å². The predicted octanol–water partition coefficient (Wildman–Crippen LogP) is 2.40. The van der Waals surface area contributed by atoms with Gasteiger partial charge in [0.15, 0.2) is 0 Å². The molecular formula is C25H36N4O5. The summed E-state index contributed by atoms with van der Waals surface area (Å²) >= 11 is 0. The van der Waals surface area contributed by atoms with Crippen molar-refractivity contribution >= 4 is 17.9 Å². The first-order valence-electron chi connectivity index (χ1n) is 11.8. The van der Waals surface area contributed by atoms with E-state index in [1.807, 2.05) is 36.9 Å². The van der Waals surface area contributed by atoms with Crippen LogP contribution in [0.3, 0.4) is 0 Å². The third-order valence-corrected chi connectivity index (χ3v) is 6.20. The van der Waals surface area contributed by atoms with Gasteiger partial charge in [-0.15, -0.1) is 0 Å². The SMILES string of the molecule is CCOC(=O)C1=C(CN2CCN(C(=O)CC(C)C)CC2)N(C)C(=O)NC1c1ccccc1OC. The van der Waals surface area contributed by atoms with Crippen LogP contribution in [0.2, 0.25) is 0 Å². The molecule has 0 aromatic heterocycles. The van der Waals surface area contributed by atoms with Crippen molar-refractivity contribution in [1.29, 1.82) is 0 Å². The molecule has 0 radical (unpaired) electrons. The summed E-state index contributed by atoms with van der Waals surface area (Å²) in [5.41, 5.74) is 1.68. The number of carbonyl (C=O) groups excluding carboxylic acids is 3. The van der Waals surface area contributed by atoms with E-state index in [1.54, 1.807) is 27.1 Å². The molecule has 1 fully saturated rings. The topological polar surface area (TPSA) is 91.4 Å². The Hall–Kier alpha value is -3.07. The van der Waals surface area contributed by atoms with Crippen molar-refractivity contribution in [3.8, 4) is 5.75 Å². The highest BCUT2D eigenvalue weighted by Crippen LogP contribution is 2.35. The number of likely N-dealkylation sites (N-methyl/N-ethyl adjacent to an activating group) is 1. The highest BCUT2D eigenvalue weighted by atomic mass is 16.5. The van der Waals surface area contributed by atoms with E-state index < -0.39 is 12.0 Å². The third kappa shape index (κ3) is 5.70. The maximum Gasteiger partial charge on any atom is 0.338 e. The fourth-order valence-electron chi connectivity index (χ4n) is 4.38. The van der Waals surface area contributed by atoms with Crippen molar-refractivity contribution in [2.75, 3.05) is 53.5 Å². The number of nitrogens with one attached hydrogen (secondary N) is 1. The molecule has 2 aliphatic rings. The van der Waals surface area contributed by atoms with E-state index in [1.165, 1.54) is 4.90 Å². The summed E-state index contributed by atoms with van der Waals surface area (Å²) in [6.45, 7) is 9.04. The second-order valence-electron chi connectivity index (χ2n) is 9.02. The first-order valence-corrected chi connectivity index (χ1v) is 11.8. The Balaban J connectivity index is 1.90. The lowest BCUT2D eigenvalue weighted by atomic mass is 9.93. The molecule has 1 unspecified atom stereocenters. The fourth-order valence-corrected chi connectivity index (χ4v) is 4.38. The van der Waals surface area contributed by atoms with E-state index in [4.69, 9.17) is 9.47 Å². The second-order valence-corrected chi connectivity index (χ2v) is 9.02. The Morgan fingerprint density at radius 1 is 1.15 bits per heavy atom. The van der Waals surface area contributed by atoms with Crippen molar-refractivity contribution in [3.63, 3.8) is 0 Å². The summed E-state index contributed by atoms with van der Waals surface area (Å²) in [6, 6.07) is 6.33. The van der Waals surface area contributed by atoms with E-state index in [9.17, 15) is 14.4 Å². The Bertz CT molecular complexity index is 937. The quantitative estimate of drug-likeness (QED) is 0.585. The van der Waals surface area contributed by atoms with E-state index in [-0.39, 0.29) is 18.5 Å². The zero-order chi connectivity index (χ0) is 24.8. The molecule has 0 bridgehead atoms. The Morgan fingerprint density at radius 2 is 1.82 bits per heavy atom.